The number of rotatable bonds is 0. The molecule has 0 bridgehead atoms. The van der Waals surface area contributed by atoms with Crippen molar-refractivity contribution in [1.82, 2.24) is 0 Å². The number of allylic oxidation sites excluding steroid dienone is 6. The molecule has 0 aromatic heterocycles. The van der Waals surface area contributed by atoms with Crippen LogP contribution in [0.1, 0.15) is 38.5 Å². The van der Waals surface area contributed by atoms with Gasteiger partial charge in [-0.1, -0.05) is 35.5 Å². The van der Waals surface area contributed by atoms with Crippen LogP contribution < -0.4 is 0 Å². The van der Waals surface area contributed by atoms with E-state index in [0.29, 0.717) is 0 Å². The molecule has 2 unspecified atom stereocenters. The summed E-state index contributed by atoms with van der Waals surface area (Å²) in [5.41, 5.74) is 3.61. The van der Waals surface area contributed by atoms with Gasteiger partial charge in [-0.15, -0.1) is 0 Å². The largest absolute Gasteiger partial charge is 0.0882 e. The number of hydrogen-bond acceptors (Lipinski definition) is 0. The van der Waals surface area contributed by atoms with E-state index >= 15 is 0 Å². The molecule has 0 aromatic carbocycles. The van der Waals surface area contributed by atoms with E-state index in [1.165, 1.54) is 38.5 Å². The predicted molar refractivity (Wildman–Crippen MR) is 60.0 cm³/mol. The molecule has 74 valence electrons. The number of fused-ring (bicyclic) bond motifs is 1. The van der Waals surface area contributed by atoms with E-state index in [1.54, 1.807) is 11.1 Å². The zero-order chi connectivity index (χ0) is 9.38. The van der Waals surface area contributed by atoms with Crippen molar-refractivity contribution in [2.45, 2.75) is 38.5 Å². The molecule has 3 aliphatic rings. The predicted octanol–water partition coefficient (Wildman–Crippen LogP) is 4.01. The Morgan fingerprint density at radius 3 is 1.71 bits per heavy atom. The monoisotopic (exact) mass is 186 g/mol. The van der Waals surface area contributed by atoms with Crippen LogP contribution in [0.3, 0.4) is 0 Å². The Bertz CT molecular complexity index is 285. The topological polar surface area (TPSA) is 0 Å². The molecule has 0 saturated carbocycles. The van der Waals surface area contributed by atoms with Crippen molar-refractivity contribution >= 4 is 0 Å². The van der Waals surface area contributed by atoms with Gasteiger partial charge in [-0.05, 0) is 50.4 Å². The molecule has 0 amide bonds. The van der Waals surface area contributed by atoms with E-state index in [2.05, 4.69) is 24.3 Å². The SMILES string of the molecule is C1=CC2CC3=C(CC/C=C\CC3)CC12. The van der Waals surface area contributed by atoms with Crippen molar-refractivity contribution in [3.8, 4) is 0 Å². The first kappa shape index (κ1) is 8.52. The van der Waals surface area contributed by atoms with Gasteiger partial charge in [0.05, 0.1) is 0 Å². The van der Waals surface area contributed by atoms with Crippen LogP contribution in [0.25, 0.3) is 0 Å². The molecule has 0 saturated heterocycles. The average Bonchev–Trinajstić information content (AvgIpc) is 2.12. The minimum Gasteiger partial charge on any atom is -0.0882 e. The van der Waals surface area contributed by atoms with Crippen LogP contribution in [0.15, 0.2) is 35.5 Å². The highest BCUT2D eigenvalue weighted by molar-refractivity contribution is 5.28. The second kappa shape index (κ2) is 3.42. The maximum Gasteiger partial charge on any atom is -0.0130 e. The Hall–Kier alpha value is -0.780. The molecule has 0 heteroatoms. The summed E-state index contributed by atoms with van der Waals surface area (Å²) in [7, 11) is 0. The van der Waals surface area contributed by atoms with Crippen LogP contribution in [0.5, 0.6) is 0 Å². The Morgan fingerprint density at radius 2 is 1.29 bits per heavy atom. The van der Waals surface area contributed by atoms with E-state index < -0.39 is 0 Å². The Morgan fingerprint density at radius 1 is 0.786 bits per heavy atom. The van der Waals surface area contributed by atoms with E-state index in [9.17, 15) is 0 Å². The van der Waals surface area contributed by atoms with Gasteiger partial charge in [0.1, 0.15) is 0 Å². The molecule has 0 nitrogen and oxygen atoms in total. The van der Waals surface area contributed by atoms with Gasteiger partial charge in [0.15, 0.2) is 0 Å². The van der Waals surface area contributed by atoms with Crippen LogP contribution in [0, 0.1) is 11.8 Å². The van der Waals surface area contributed by atoms with Crippen molar-refractivity contribution in [2.75, 3.05) is 0 Å². The Kier molecular flexibility index (Phi) is 2.08. The number of hydrogen-bond donors (Lipinski definition) is 0. The molecule has 3 rings (SSSR count). The summed E-state index contributed by atoms with van der Waals surface area (Å²) in [6, 6.07) is 0. The van der Waals surface area contributed by atoms with Crippen molar-refractivity contribution in [2.24, 2.45) is 11.8 Å². The molecule has 0 heterocycles. The zero-order valence-electron chi connectivity index (χ0n) is 8.71. The van der Waals surface area contributed by atoms with Crippen molar-refractivity contribution in [3.05, 3.63) is 35.5 Å². The van der Waals surface area contributed by atoms with E-state index in [0.717, 1.165) is 11.8 Å². The smallest absolute Gasteiger partial charge is 0.0130 e. The van der Waals surface area contributed by atoms with E-state index in [1.807, 2.05) is 0 Å². The van der Waals surface area contributed by atoms with E-state index in [4.69, 9.17) is 0 Å². The lowest BCUT2D eigenvalue weighted by atomic mass is 9.68. The summed E-state index contributed by atoms with van der Waals surface area (Å²) in [6.07, 6.45) is 17.6. The molecule has 2 atom stereocenters. The molecule has 0 aromatic rings. The second-order valence-corrected chi connectivity index (χ2v) is 4.88. The van der Waals surface area contributed by atoms with Crippen LogP contribution in [-0.2, 0) is 0 Å². The third-order valence-corrected chi connectivity index (χ3v) is 4.01. The molecule has 0 spiro atoms. The first-order valence-electron chi connectivity index (χ1n) is 5.96. The highest BCUT2D eigenvalue weighted by Crippen LogP contribution is 2.44. The lowest BCUT2D eigenvalue weighted by molar-refractivity contribution is 0.381. The molecular formula is C14H18. The summed E-state index contributed by atoms with van der Waals surface area (Å²) in [5.74, 6) is 1.83. The lowest BCUT2D eigenvalue weighted by Crippen LogP contribution is -2.25. The highest BCUT2D eigenvalue weighted by atomic mass is 14.4. The second-order valence-electron chi connectivity index (χ2n) is 4.88. The summed E-state index contributed by atoms with van der Waals surface area (Å²) in [4.78, 5) is 0. The van der Waals surface area contributed by atoms with Crippen molar-refractivity contribution in [3.63, 3.8) is 0 Å². The Labute approximate surface area is 86.4 Å². The zero-order valence-corrected chi connectivity index (χ0v) is 8.71. The van der Waals surface area contributed by atoms with Gasteiger partial charge in [0.25, 0.3) is 0 Å². The standard InChI is InChI=1S/C14H18/c1-2-4-6-12-10-14-8-7-13(14)9-11(12)5-3-1/h1-2,7-8,13-14H,3-6,9-10H2/b2-1-. The fourth-order valence-electron chi connectivity index (χ4n) is 3.03. The summed E-state index contributed by atoms with van der Waals surface area (Å²) < 4.78 is 0. The molecule has 0 fully saturated rings. The third-order valence-electron chi connectivity index (χ3n) is 4.01. The summed E-state index contributed by atoms with van der Waals surface area (Å²) in [6.45, 7) is 0. The highest BCUT2D eigenvalue weighted by Gasteiger charge is 2.30. The molecule has 14 heavy (non-hydrogen) atoms. The minimum absolute atomic E-state index is 0.914. The molecule has 0 N–H and O–H groups in total. The van der Waals surface area contributed by atoms with Gasteiger partial charge in [-0.25, -0.2) is 0 Å². The average molecular weight is 186 g/mol. The van der Waals surface area contributed by atoms with Gasteiger partial charge in [-0.3, -0.25) is 0 Å². The fraction of sp³-hybridized carbons (Fsp3) is 0.571. The van der Waals surface area contributed by atoms with Crippen molar-refractivity contribution in [1.29, 1.82) is 0 Å². The van der Waals surface area contributed by atoms with Crippen LogP contribution in [0.2, 0.25) is 0 Å². The molecular weight excluding hydrogens is 168 g/mol. The first-order chi connectivity index (χ1) is 6.93. The normalized spacial score (nSPS) is 37.7. The maximum absolute atomic E-state index is 2.42. The minimum atomic E-state index is 0.914. The van der Waals surface area contributed by atoms with Crippen molar-refractivity contribution < 1.29 is 0 Å². The third kappa shape index (κ3) is 1.37. The summed E-state index contributed by atoms with van der Waals surface area (Å²) in [5, 5.41) is 0. The van der Waals surface area contributed by atoms with Crippen LogP contribution in [-0.4, -0.2) is 0 Å². The van der Waals surface area contributed by atoms with Gasteiger partial charge < -0.3 is 0 Å². The molecule has 0 aliphatic heterocycles. The lowest BCUT2D eigenvalue weighted by Gasteiger charge is -2.37. The summed E-state index contributed by atoms with van der Waals surface area (Å²) >= 11 is 0. The quantitative estimate of drug-likeness (QED) is 0.501. The molecule has 0 radical (unpaired) electrons. The van der Waals surface area contributed by atoms with Gasteiger partial charge in [0, 0.05) is 0 Å². The van der Waals surface area contributed by atoms with Gasteiger partial charge >= 0.3 is 0 Å². The first-order valence-corrected chi connectivity index (χ1v) is 5.96. The Balaban J connectivity index is 1.80. The van der Waals surface area contributed by atoms with Gasteiger partial charge in [0.2, 0.25) is 0 Å². The maximum atomic E-state index is 2.42. The van der Waals surface area contributed by atoms with Crippen LogP contribution in [0.4, 0.5) is 0 Å². The molecule has 3 aliphatic carbocycles. The van der Waals surface area contributed by atoms with E-state index in [-0.39, 0.29) is 0 Å². The van der Waals surface area contributed by atoms with Gasteiger partial charge in [-0.2, -0.15) is 0 Å². The fourth-order valence-corrected chi connectivity index (χ4v) is 3.03. The van der Waals surface area contributed by atoms with Crippen LogP contribution >= 0.6 is 0 Å².